The quantitative estimate of drug-likeness (QED) is 0.247. The van der Waals surface area contributed by atoms with Crippen molar-refractivity contribution in [2.45, 2.75) is 0 Å². The Bertz CT molecular complexity index is 1950. The number of H-pyrrole nitrogens is 2. The highest BCUT2D eigenvalue weighted by molar-refractivity contribution is 5.93. The summed E-state index contributed by atoms with van der Waals surface area (Å²) >= 11 is 0. The number of benzene rings is 2. The highest BCUT2D eigenvalue weighted by Crippen LogP contribution is 2.32. The summed E-state index contributed by atoms with van der Waals surface area (Å²) in [5, 5.41) is 18.5. The summed E-state index contributed by atoms with van der Waals surface area (Å²) in [4.78, 5) is 17.0. The van der Waals surface area contributed by atoms with Crippen molar-refractivity contribution in [3.63, 3.8) is 0 Å². The van der Waals surface area contributed by atoms with Crippen molar-refractivity contribution in [3.8, 4) is 34.4 Å². The molecule has 0 fully saturated rings. The molecule has 0 amide bonds. The summed E-state index contributed by atoms with van der Waals surface area (Å²) in [7, 11) is 0. The molecular formula is C34H20N6. The van der Waals surface area contributed by atoms with Gasteiger partial charge in [0.1, 0.15) is 0 Å². The van der Waals surface area contributed by atoms with E-state index in [1.807, 2.05) is 109 Å². The van der Waals surface area contributed by atoms with Crippen molar-refractivity contribution in [3.05, 3.63) is 119 Å². The molecule has 186 valence electrons. The smallest absolute Gasteiger partial charge is 0.0991 e. The fraction of sp³-hybridized carbons (Fsp3) is 0. The first kappa shape index (κ1) is 23.2. The van der Waals surface area contributed by atoms with Crippen LogP contribution in [0.25, 0.3) is 68.6 Å². The van der Waals surface area contributed by atoms with Crippen LogP contribution < -0.4 is 0 Å². The van der Waals surface area contributed by atoms with E-state index < -0.39 is 0 Å². The van der Waals surface area contributed by atoms with Crippen molar-refractivity contribution in [2.75, 3.05) is 0 Å². The van der Waals surface area contributed by atoms with Gasteiger partial charge in [0.15, 0.2) is 0 Å². The van der Waals surface area contributed by atoms with Gasteiger partial charge in [-0.05, 0) is 96.1 Å². The topological polar surface area (TPSA) is 105 Å². The maximum absolute atomic E-state index is 9.27. The molecule has 2 aromatic carbocycles. The molecule has 8 bridgehead atoms. The van der Waals surface area contributed by atoms with E-state index in [2.05, 4.69) is 22.1 Å². The summed E-state index contributed by atoms with van der Waals surface area (Å²) < 4.78 is 0. The van der Waals surface area contributed by atoms with Crippen LogP contribution in [0.1, 0.15) is 33.9 Å². The Morgan fingerprint density at radius 3 is 1.32 bits per heavy atom. The lowest BCUT2D eigenvalue weighted by Crippen LogP contribution is -1.86. The number of hydrogen-bond donors (Lipinski definition) is 2. The van der Waals surface area contributed by atoms with E-state index in [0.29, 0.717) is 11.1 Å². The van der Waals surface area contributed by atoms with Crippen LogP contribution in [0.3, 0.4) is 0 Å². The van der Waals surface area contributed by atoms with Crippen LogP contribution in [0.5, 0.6) is 0 Å². The van der Waals surface area contributed by atoms with Crippen LogP contribution in [0.4, 0.5) is 0 Å². The van der Waals surface area contributed by atoms with Crippen LogP contribution in [-0.2, 0) is 0 Å². The van der Waals surface area contributed by atoms with Crippen LogP contribution >= 0.6 is 0 Å². The third-order valence-electron chi connectivity index (χ3n) is 7.00. The average molecular weight is 513 g/mol. The SMILES string of the molecule is N#Cc1ccc(-c2c3nc(cc4ccc([nH]4)c(-c4ccc(C#N)cc4)c4nc(cc5ccc2[nH]5)C=C4)C=C3)cc1. The number of aromatic amines is 2. The van der Waals surface area contributed by atoms with E-state index in [1.165, 1.54) is 0 Å². The lowest BCUT2D eigenvalue weighted by Gasteiger charge is -2.04. The van der Waals surface area contributed by atoms with E-state index in [-0.39, 0.29) is 0 Å². The maximum atomic E-state index is 9.27. The second-order valence-electron chi connectivity index (χ2n) is 9.58. The summed E-state index contributed by atoms with van der Waals surface area (Å²) in [5.41, 5.74) is 12.1. The van der Waals surface area contributed by atoms with Gasteiger partial charge in [-0.15, -0.1) is 0 Å². The molecule has 7 rings (SSSR count). The zero-order valence-electron chi connectivity index (χ0n) is 21.2. The highest BCUT2D eigenvalue weighted by Gasteiger charge is 2.13. The maximum Gasteiger partial charge on any atom is 0.0991 e. The fourth-order valence-corrected chi connectivity index (χ4v) is 5.10. The molecule has 5 heterocycles. The van der Waals surface area contributed by atoms with Gasteiger partial charge in [-0.2, -0.15) is 10.5 Å². The van der Waals surface area contributed by atoms with E-state index >= 15 is 0 Å². The number of fused-ring (bicyclic) bond motifs is 8. The number of nitrogens with zero attached hydrogens (tertiary/aromatic N) is 4. The minimum absolute atomic E-state index is 0.611. The summed E-state index contributed by atoms with van der Waals surface area (Å²) in [6.45, 7) is 0. The Balaban J connectivity index is 1.53. The number of rotatable bonds is 2. The average Bonchev–Trinajstić information content (AvgIpc) is 3.80. The molecule has 0 saturated carbocycles. The minimum Gasteiger partial charge on any atom is -0.355 e. The van der Waals surface area contributed by atoms with Gasteiger partial charge in [0.05, 0.1) is 46.0 Å². The van der Waals surface area contributed by atoms with E-state index in [1.54, 1.807) is 0 Å². The first-order valence-electron chi connectivity index (χ1n) is 12.8. The Morgan fingerprint density at radius 2 is 0.925 bits per heavy atom. The van der Waals surface area contributed by atoms with Crippen LogP contribution in [-0.4, -0.2) is 19.9 Å². The van der Waals surface area contributed by atoms with Gasteiger partial charge in [-0.3, -0.25) is 0 Å². The summed E-state index contributed by atoms with van der Waals surface area (Å²) in [5.74, 6) is 0. The monoisotopic (exact) mass is 512 g/mol. The number of nitriles is 2. The van der Waals surface area contributed by atoms with Crippen LogP contribution in [0.15, 0.2) is 84.9 Å². The largest absolute Gasteiger partial charge is 0.355 e. The second-order valence-corrected chi connectivity index (χ2v) is 9.58. The van der Waals surface area contributed by atoms with Gasteiger partial charge < -0.3 is 9.97 Å². The van der Waals surface area contributed by atoms with Crippen molar-refractivity contribution in [1.82, 2.24) is 19.9 Å². The Hall–Kier alpha value is -5.98. The van der Waals surface area contributed by atoms with Crippen molar-refractivity contribution in [1.29, 1.82) is 10.5 Å². The van der Waals surface area contributed by atoms with Crippen molar-refractivity contribution in [2.24, 2.45) is 0 Å². The molecule has 2 aliphatic rings. The van der Waals surface area contributed by atoms with E-state index in [4.69, 9.17) is 9.97 Å². The fourth-order valence-electron chi connectivity index (χ4n) is 5.10. The molecule has 0 atom stereocenters. The number of hydrogen-bond acceptors (Lipinski definition) is 4. The molecule has 5 aromatic rings. The highest BCUT2D eigenvalue weighted by atomic mass is 14.8. The lowest BCUT2D eigenvalue weighted by atomic mass is 10.0. The number of nitrogens with one attached hydrogen (secondary N) is 2. The first-order valence-corrected chi connectivity index (χ1v) is 12.8. The molecule has 2 aliphatic heterocycles. The lowest BCUT2D eigenvalue weighted by molar-refractivity contribution is 1.31. The molecule has 2 N–H and O–H groups in total. The molecule has 6 heteroatoms. The van der Waals surface area contributed by atoms with Gasteiger partial charge in [-0.25, -0.2) is 9.97 Å². The first-order chi connectivity index (χ1) is 19.7. The van der Waals surface area contributed by atoms with Gasteiger partial charge >= 0.3 is 0 Å². The number of aromatic nitrogens is 4. The van der Waals surface area contributed by atoms with Gasteiger partial charge in [0.25, 0.3) is 0 Å². The predicted molar refractivity (Wildman–Crippen MR) is 159 cm³/mol. The van der Waals surface area contributed by atoms with Gasteiger partial charge in [0, 0.05) is 33.2 Å². The van der Waals surface area contributed by atoms with E-state index in [9.17, 15) is 10.5 Å². The molecule has 0 aliphatic carbocycles. The van der Waals surface area contributed by atoms with E-state index in [0.717, 1.165) is 67.1 Å². The summed E-state index contributed by atoms with van der Waals surface area (Å²) in [6, 6.07) is 31.7. The summed E-state index contributed by atoms with van der Waals surface area (Å²) in [6.07, 6.45) is 8.04. The molecule has 0 unspecified atom stereocenters. The molecule has 0 spiro atoms. The Morgan fingerprint density at radius 1 is 0.500 bits per heavy atom. The third kappa shape index (κ3) is 4.16. The molecule has 40 heavy (non-hydrogen) atoms. The molecule has 6 nitrogen and oxygen atoms in total. The second kappa shape index (κ2) is 9.40. The van der Waals surface area contributed by atoms with Crippen molar-refractivity contribution < 1.29 is 0 Å². The third-order valence-corrected chi connectivity index (χ3v) is 7.00. The van der Waals surface area contributed by atoms with Crippen LogP contribution in [0.2, 0.25) is 0 Å². The zero-order chi connectivity index (χ0) is 27.1. The Kier molecular flexibility index (Phi) is 5.44. The zero-order valence-corrected chi connectivity index (χ0v) is 21.2. The van der Waals surface area contributed by atoms with Crippen molar-refractivity contribution >= 4 is 46.4 Å². The standard InChI is InChI=1S/C34H20N6/c35-19-21-1-5-23(6-2-21)33-29-13-9-25(37-29)17-27-11-15-31(39-27)34(24-7-3-22(20-36)4-8-24)32-16-12-28(40-32)18-26-10-14-30(33)38-26/h1-18,37,40H. The molecule has 3 aromatic heterocycles. The minimum atomic E-state index is 0.611. The molecule has 0 radical (unpaired) electrons. The van der Waals surface area contributed by atoms with Gasteiger partial charge in [-0.1, -0.05) is 24.3 Å². The van der Waals surface area contributed by atoms with Crippen LogP contribution in [0, 0.1) is 22.7 Å². The predicted octanol–water partition coefficient (Wildman–Crippen LogP) is 7.73. The molecular weight excluding hydrogens is 492 g/mol. The Labute approximate surface area is 229 Å². The molecule has 0 saturated heterocycles. The van der Waals surface area contributed by atoms with Gasteiger partial charge in [0.2, 0.25) is 0 Å². The normalized spacial score (nSPS) is 11.8.